The Bertz CT molecular complexity index is 155. The lowest BCUT2D eigenvalue weighted by Crippen LogP contribution is -2.04. The molecule has 0 unspecified atom stereocenters. The van der Waals surface area contributed by atoms with Gasteiger partial charge in [0.1, 0.15) is 0 Å². The number of ether oxygens (including phenoxy) is 1. The van der Waals surface area contributed by atoms with E-state index in [1.165, 1.54) is 23.5 Å². The maximum atomic E-state index is 11.0. The Kier molecular flexibility index (Phi) is 6.56. The fourth-order valence-electron chi connectivity index (χ4n) is 0.489. The van der Waals surface area contributed by atoms with Gasteiger partial charge in [0.2, 0.25) is 0 Å². The molecule has 0 aliphatic rings. The topological polar surface area (TPSA) is 26.3 Å². The van der Waals surface area contributed by atoms with Crippen molar-refractivity contribution in [3.05, 3.63) is 10.3 Å². The van der Waals surface area contributed by atoms with Crippen molar-refractivity contribution in [2.24, 2.45) is 0 Å². The molecule has 4 heteroatoms. The van der Waals surface area contributed by atoms with Crippen LogP contribution in [-0.4, -0.2) is 25.1 Å². The molecule has 0 saturated carbocycles. The van der Waals surface area contributed by atoms with Gasteiger partial charge in [0.15, 0.2) is 0 Å². The van der Waals surface area contributed by atoms with Crippen molar-refractivity contribution in [3.8, 4) is 0 Å². The van der Waals surface area contributed by atoms with Crippen LogP contribution in [0.2, 0.25) is 0 Å². The Morgan fingerprint density at radius 2 is 2.18 bits per heavy atom. The fourth-order valence-corrected chi connectivity index (χ4v) is 1.70. The second kappa shape index (κ2) is 6.61. The van der Waals surface area contributed by atoms with Crippen LogP contribution in [0, 0.1) is 0 Å². The summed E-state index contributed by atoms with van der Waals surface area (Å²) >= 11 is 2.91. The molecular formula is C7H12O2S2. The van der Waals surface area contributed by atoms with Crippen LogP contribution in [0.3, 0.4) is 0 Å². The molecule has 0 aliphatic carbocycles. The molecule has 0 bridgehead atoms. The largest absolute Gasteiger partial charge is 0.462 e. The van der Waals surface area contributed by atoms with Crippen molar-refractivity contribution in [1.82, 2.24) is 0 Å². The molecule has 0 atom stereocenters. The number of thioether (sulfide) groups is 2. The standard InChI is InChI=1S/C7H12O2S2/c1-4-9-7(8)6(11-3)5-10-2/h5H,4H2,1-3H3. The molecule has 0 N–H and O–H groups in total. The minimum Gasteiger partial charge on any atom is -0.462 e. The summed E-state index contributed by atoms with van der Waals surface area (Å²) in [7, 11) is 0. The fraction of sp³-hybridized carbons (Fsp3) is 0.571. The highest BCUT2D eigenvalue weighted by Gasteiger charge is 2.07. The van der Waals surface area contributed by atoms with Crippen molar-refractivity contribution >= 4 is 29.5 Å². The van der Waals surface area contributed by atoms with Crippen LogP contribution in [-0.2, 0) is 9.53 Å². The monoisotopic (exact) mass is 192 g/mol. The van der Waals surface area contributed by atoms with Gasteiger partial charge in [-0.15, -0.1) is 23.5 Å². The Labute approximate surface area is 75.8 Å². The van der Waals surface area contributed by atoms with Crippen LogP contribution in [0.15, 0.2) is 10.3 Å². The van der Waals surface area contributed by atoms with Gasteiger partial charge in [-0.2, -0.15) is 0 Å². The molecule has 0 saturated heterocycles. The van der Waals surface area contributed by atoms with Crippen LogP contribution < -0.4 is 0 Å². The van der Waals surface area contributed by atoms with Gasteiger partial charge < -0.3 is 4.74 Å². The molecule has 0 fully saturated rings. The van der Waals surface area contributed by atoms with Gasteiger partial charge in [0, 0.05) is 0 Å². The SMILES string of the molecule is CCOC(=O)C(=CSC)SC. The van der Waals surface area contributed by atoms with Gasteiger partial charge in [0.05, 0.1) is 11.5 Å². The van der Waals surface area contributed by atoms with Crippen LogP contribution in [0.5, 0.6) is 0 Å². The van der Waals surface area contributed by atoms with E-state index in [1.807, 2.05) is 12.5 Å². The number of esters is 1. The van der Waals surface area contributed by atoms with E-state index < -0.39 is 0 Å². The second-order valence-corrected chi connectivity index (χ2v) is 3.20. The summed E-state index contributed by atoms with van der Waals surface area (Å²) < 4.78 is 4.81. The van der Waals surface area contributed by atoms with Gasteiger partial charge in [-0.3, -0.25) is 0 Å². The smallest absolute Gasteiger partial charge is 0.345 e. The molecule has 0 radical (unpaired) electrons. The molecule has 0 heterocycles. The van der Waals surface area contributed by atoms with E-state index >= 15 is 0 Å². The van der Waals surface area contributed by atoms with Gasteiger partial charge in [0.25, 0.3) is 0 Å². The summed E-state index contributed by atoms with van der Waals surface area (Å²) in [4.78, 5) is 11.7. The van der Waals surface area contributed by atoms with Crippen LogP contribution in [0.25, 0.3) is 0 Å². The predicted molar refractivity (Wildman–Crippen MR) is 51.7 cm³/mol. The molecule has 0 amide bonds. The average Bonchev–Trinajstić information content (AvgIpc) is 2.00. The highest BCUT2D eigenvalue weighted by atomic mass is 32.2. The first-order chi connectivity index (χ1) is 5.26. The first-order valence-corrected chi connectivity index (χ1v) is 5.71. The summed E-state index contributed by atoms with van der Waals surface area (Å²) in [5.74, 6) is -0.227. The highest BCUT2D eigenvalue weighted by Crippen LogP contribution is 2.16. The minimum atomic E-state index is -0.227. The lowest BCUT2D eigenvalue weighted by molar-refractivity contribution is -0.137. The molecular weight excluding hydrogens is 180 g/mol. The van der Waals surface area contributed by atoms with Crippen LogP contribution in [0.1, 0.15) is 6.92 Å². The lowest BCUT2D eigenvalue weighted by atomic mass is 10.6. The van der Waals surface area contributed by atoms with E-state index in [0.717, 1.165) is 0 Å². The van der Waals surface area contributed by atoms with E-state index in [9.17, 15) is 4.79 Å². The van der Waals surface area contributed by atoms with Crippen molar-refractivity contribution in [2.45, 2.75) is 6.92 Å². The van der Waals surface area contributed by atoms with Crippen LogP contribution >= 0.6 is 23.5 Å². The van der Waals surface area contributed by atoms with Gasteiger partial charge in [-0.05, 0) is 24.8 Å². The van der Waals surface area contributed by atoms with E-state index in [0.29, 0.717) is 11.5 Å². The van der Waals surface area contributed by atoms with Crippen molar-refractivity contribution in [1.29, 1.82) is 0 Å². The minimum absolute atomic E-state index is 0.227. The molecule has 0 rings (SSSR count). The third-order valence-electron chi connectivity index (χ3n) is 0.921. The Hall–Kier alpha value is -0.0900. The Morgan fingerprint density at radius 1 is 1.55 bits per heavy atom. The third-order valence-corrected chi connectivity index (χ3v) is 2.27. The van der Waals surface area contributed by atoms with Crippen molar-refractivity contribution in [2.75, 3.05) is 19.1 Å². The molecule has 0 aromatic heterocycles. The molecule has 0 spiro atoms. The zero-order chi connectivity index (χ0) is 8.69. The van der Waals surface area contributed by atoms with E-state index in [4.69, 9.17) is 4.74 Å². The number of carbonyl (C=O) groups excluding carboxylic acids is 1. The van der Waals surface area contributed by atoms with Crippen LogP contribution in [0.4, 0.5) is 0 Å². The summed E-state index contributed by atoms with van der Waals surface area (Å²) in [6.07, 6.45) is 3.77. The molecule has 0 aromatic rings. The zero-order valence-electron chi connectivity index (χ0n) is 6.92. The number of hydrogen-bond donors (Lipinski definition) is 0. The van der Waals surface area contributed by atoms with E-state index in [2.05, 4.69) is 0 Å². The normalized spacial score (nSPS) is 11.4. The maximum absolute atomic E-state index is 11.0. The summed E-state index contributed by atoms with van der Waals surface area (Å²) in [5.41, 5.74) is 0. The van der Waals surface area contributed by atoms with Crippen molar-refractivity contribution < 1.29 is 9.53 Å². The van der Waals surface area contributed by atoms with E-state index in [-0.39, 0.29) is 5.97 Å². The summed E-state index contributed by atoms with van der Waals surface area (Å²) in [5, 5.41) is 1.79. The molecule has 11 heavy (non-hydrogen) atoms. The van der Waals surface area contributed by atoms with Gasteiger partial charge >= 0.3 is 5.97 Å². The first kappa shape index (κ1) is 10.9. The average molecular weight is 192 g/mol. The van der Waals surface area contributed by atoms with E-state index in [1.54, 1.807) is 12.3 Å². The van der Waals surface area contributed by atoms with Crippen molar-refractivity contribution in [3.63, 3.8) is 0 Å². The summed E-state index contributed by atoms with van der Waals surface area (Å²) in [6.45, 7) is 2.24. The number of carbonyl (C=O) groups is 1. The van der Waals surface area contributed by atoms with Gasteiger partial charge in [-0.25, -0.2) is 4.79 Å². The predicted octanol–water partition coefficient (Wildman–Crippen LogP) is 2.12. The highest BCUT2D eigenvalue weighted by molar-refractivity contribution is 8.06. The maximum Gasteiger partial charge on any atom is 0.345 e. The number of rotatable bonds is 4. The summed E-state index contributed by atoms with van der Waals surface area (Å²) in [6, 6.07) is 0. The molecule has 64 valence electrons. The molecule has 0 aromatic carbocycles. The second-order valence-electron chi connectivity index (χ2n) is 1.64. The first-order valence-electron chi connectivity index (χ1n) is 3.20. The Morgan fingerprint density at radius 3 is 2.55 bits per heavy atom. The molecule has 2 nitrogen and oxygen atoms in total. The lowest BCUT2D eigenvalue weighted by Gasteiger charge is -2.01. The molecule has 0 aliphatic heterocycles. The Balaban J connectivity index is 4.03. The van der Waals surface area contributed by atoms with Gasteiger partial charge in [-0.1, -0.05) is 0 Å². The number of hydrogen-bond acceptors (Lipinski definition) is 4. The third kappa shape index (κ3) is 4.37. The zero-order valence-corrected chi connectivity index (χ0v) is 8.55. The quantitative estimate of drug-likeness (QED) is 0.503.